The Hall–Kier alpha value is -0.360. The maximum atomic E-state index is 12.2. The zero-order valence-electron chi connectivity index (χ0n) is 15.5. The molecular weight excluding hydrogens is 291 g/mol. The van der Waals surface area contributed by atoms with Crippen molar-refractivity contribution in [3.8, 4) is 0 Å². The molecule has 0 saturated heterocycles. The Kier molecular flexibility index (Phi) is 11.0. The zero-order chi connectivity index (χ0) is 16.9. The molecule has 0 aromatic heterocycles. The van der Waals surface area contributed by atoms with Crippen molar-refractivity contribution in [2.45, 2.75) is 79.1 Å². The fourth-order valence-corrected chi connectivity index (χ4v) is 10.1. The van der Waals surface area contributed by atoms with E-state index in [0.717, 1.165) is 24.6 Å². The molecule has 0 aliphatic rings. The minimum absolute atomic E-state index is 0.183. The summed E-state index contributed by atoms with van der Waals surface area (Å²) in [4.78, 5) is 12.2. The van der Waals surface area contributed by atoms with Crippen LogP contribution < -0.4 is 0 Å². The Morgan fingerprint density at radius 2 is 1.14 bits per heavy atom. The van der Waals surface area contributed by atoms with Gasteiger partial charge in [0.2, 0.25) is 0 Å². The van der Waals surface area contributed by atoms with Gasteiger partial charge in [-0.15, -0.1) is 0 Å². The standard InChI is InChI=1S/C19H39O2P/c1-6-11-15-22(16-12-7-2,17-13-8-3,18-14-9-4)21-19(20)10-5/h10H,5-9,11-18H2,1-4H3. The van der Waals surface area contributed by atoms with Gasteiger partial charge in [0.25, 0.3) is 0 Å². The Morgan fingerprint density at radius 3 is 1.36 bits per heavy atom. The number of unbranched alkanes of at least 4 members (excludes halogenated alkanes) is 4. The zero-order valence-corrected chi connectivity index (χ0v) is 16.4. The minimum atomic E-state index is -2.43. The van der Waals surface area contributed by atoms with Gasteiger partial charge in [-0.1, -0.05) is 0 Å². The van der Waals surface area contributed by atoms with E-state index in [1.165, 1.54) is 57.4 Å². The molecule has 22 heavy (non-hydrogen) atoms. The second-order valence-corrected chi connectivity index (χ2v) is 12.5. The fourth-order valence-electron chi connectivity index (χ4n) is 3.38. The summed E-state index contributed by atoms with van der Waals surface area (Å²) in [5.41, 5.74) is 0. The molecule has 0 unspecified atom stereocenters. The summed E-state index contributed by atoms with van der Waals surface area (Å²) in [5, 5.41) is 0. The van der Waals surface area contributed by atoms with Crippen molar-refractivity contribution in [2.75, 3.05) is 24.6 Å². The molecule has 0 aliphatic heterocycles. The fraction of sp³-hybridized carbons (Fsp3) is 0.842. The van der Waals surface area contributed by atoms with E-state index in [1.807, 2.05) is 0 Å². The number of hydrogen-bond donors (Lipinski definition) is 0. The van der Waals surface area contributed by atoms with Crippen molar-refractivity contribution in [3.05, 3.63) is 12.7 Å². The second kappa shape index (κ2) is 11.2. The van der Waals surface area contributed by atoms with E-state index in [9.17, 15) is 4.79 Å². The van der Waals surface area contributed by atoms with Crippen LogP contribution in [-0.4, -0.2) is 30.6 Å². The molecular formula is C19H39O2P. The van der Waals surface area contributed by atoms with Crippen LogP contribution in [0.5, 0.6) is 0 Å². The quantitative estimate of drug-likeness (QED) is 0.273. The first-order valence-electron chi connectivity index (χ1n) is 9.38. The van der Waals surface area contributed by atoms with E-state index in [0.29, 0.717) is 0 Å². The van der Waals surface area contributed by atoms with Gasteiger partial charge in [-0.05, 0) is 0 Å². The summed E-state index contributed by atoms with van der Waals surface area (Å²) in [6, 6.07) is 0. The third kappa shape index (κ3) is 6.82. The molecule has 0 rings (SSSR count). The second-order valence-electron chi connectivity index (χ2n) is 6.78. The van der Waals surface area contributed by atoms with E-state index in [4.69, 9.17) is 4.52 Å². The molecule has 0 amide bonds. The first kappa shape index (κ1) is 21.6. The summed E-state index contributed by atoms with van der Waals surface area (Å²) >= 11 is 0. The summed E-state index contributed by atoms with van der Waals surface area (Å²) in [5.74, 6) is -0.183. The number of carbonyl (C=O) groups excluding carboxylic acids is 1. The Labute approximate surface area is 139 Å². The average molecular weight is 330 g/mol. The van der Waals surface area contributed by atoms with Gasteiger partial charge >= 0.3 is 138 Å². The van der Waals surface area contributed by atoms with Gasteiger partial charge in [0.05, 0.1) is 0 Å². The monoisotopic (exact) mass is 330 g/mol. The summed E-state index contributed by atoms with van der Waals surface area (Å²) in [7, 11) is 0. The average Bonchev–Trinajstić information content (AvgIpc) is 2.55. The van der Waals surface area contributed by atoms with E-state index in [-0.39, 0.29) is 5.97 Å². The molecule has 0 fully saturated rings. The molecule has 0 bridgehead atoms. The number of hydrogen-bond acceptors (Lipinski definition) is 2. The molecule has 132 valence electrons. The summed E-state index contributed by atoms with van der Waals surface area (Å²) in [6.45, 7) is 10.2. The van der Waals surface area contributed by atoms with Gasteiger partial charge in [0.15, 0.2) is 0 Å². The van der Waals surface area contributed by atoms with Gasteiger partial charge in [0.1, 0.15) is 0 Å². The third-order valence-electron chi connectivity index (χ3n) is 4.82. The molecule has 0 N–H and O–H groups in total. The van der Waals surface area contributed by atoms with Gasteiger partial charge in [-0.3, -0.25) is 0 Å². The van der Waals surface area contributed by atoms with Crippen LogP contribution in [0, 0.1) is 0 Å². The maximum absolute atomic E-state index is 12.2. The Morgan fingerprint density at radius 1 is 0.818 bits per heavy atom. The van der Waals surface area contributed by atoms with Crippen LogP contribution in [0.3, 0.4) is 0 Å². The molecule has 0 aliphatic carbocycles. The predicted molar refractivity (Wildman–Crippen MR) is 102 cm³/mol. The molecule has 2 nitrogen and oxygen atoms in total. The van der Waals surface area contributed by atoms with Crippen molar-refractivity contribution in [2.24, 2.45) is 0 Å². The first-order chi connectivity index (χ1) is 10.5. The van der Waals surface area contributed by atoms with E-state index >= 15 is 0 Å². The summed E-state index contributed by atoms with van der Waals surface area (Å²) in [6.07, 6.45) is 15.3. The normalized spacial score (nSPS) is 13.4. The molecule has 0 spiro atoms. The van der Waals surface area contributed by atoms with Crippen molar-refractivity contribution in [3.63, 3.8) is 0 Å². The first-order valence-corrected chi connectivity index (χ1v) is 12.3. The van der Waals surface area contributed by atoms with Crippen LogP contribution >= 0.6 is 6.83 Å². The van der Waals surface area contributed by atoms with Gasteiger partial charge < -0.3 is 0 Å². The van der Waals surface area contributed by atoms with Crippen molar-refractivity contribution < 1.29 is 9.32 Å². The number of carbonyl (C=O) groups is 1. The van der Waals surface area contributed by atoms with Crippen LogP contribution in [0.4, 0.5) is 0 Å². The van der Waals surface area contributed by atoms with Gasteiger partial charge in [0, 0.05) is 0 Å². The Bertz CT molecular complexity index is 282. The van der Waals surface area contributed by atoms with Crippen LogP contribution in [-0.2, 0) is 9.32 Å². The molecule has 0 aromatic rings. The molecule has 0 saturated carbocycles. The van der Waals surface area contributed by atoms with E-state index < -0.39 is 6.83 Å². The summed E-state index contributed by atoms with van der Waals surface area (Å²) < 4.78 is 6.36. The topological polar surface area (TPSA) is 26.3 Å². The molecule has 3 heteroatoms. The van der Waals surface area contributed by atoms with E-state index in [2.05, 4.69) is 34.3 Å². The SMILES string of the molecule is C=CC(=O)OP(CCCC)(CCCC)(CCCC)CCCC. The van der Waals surface area contributed by atoms with Crippen molar-refractivity contribution in [1.82, 2.24) is 0 Å². The van der Waals surface area contributed by atoms with Gasteiger partial charge in [-0.25, -0.2) is 0 Å². The van der Waals surface area contributed by atoms with Crippen LogP contribution in [0.1, 0.15) is 79.1 Å². The molecule has 0 atom stereocenters. The van der Waals surface area contributed by atoms with Gasteiger partial charge in [-0.2, -0.15) is 0 Å². The van der Waals surface area contributed by atoms with Crippen LogP contribution in [0.15, 0.2) is 12.7 Å². The van der Waals surface area contributed by atoms with Crippen LogP contribution in [0.25, 0.3) is 0 Å². The predicted octanol–water partition coefficient (Wildman–Crippen LogP) is 6.38. The third-order valence-corrected chi connectivity index (χ3v) is 11.3. The molecule has 0 radical (unpaired) electrons. The van der Waals surface area contributed by atoms with Crippen LogP contribution in [0.2, 0.25) is 0 Å². The number of rotatable bonds is 14. The molecule has 0 aromatic carbocycles. The van der Waals surface area contributed by atoms with Crippen molar-refractivity contribution in [1.29, 1.82) is 0 Å². The van der Waals surface area contributed by atoms with E-state index in [1.54, 1.807) is 0 Å². The molecule has 0 heterocycles. The van der Waals surface area contributed by atoms with Crippen molar-refractivity contribution >= 4 is 12.8 Å². The Balaban J connectivity index is 5.64.